The number of ether oxygens (including phenoxy) is 3. The molecule has 0 aliphatic carbocycles. The number of halogens is 3. The Morgan fingerprint density at radius 2 is 1.80 bits per heavy atom. The number of aryl methyl sites for hydroxylation is 1. The van der Waals surface area contributed by atoms with Crippen molar-refractivity contribution in [3.63, 3.8) is 0 Å². The predicted octanol–water partition coefficient (Wildman–Crippen LogP) is 4.12. The number of carbonyl (C=O) groups is 1. The number of aliphatic hydroxyl groups excluding tert-OH is 1. The molecule has 2 aliphatic rings. The lowest BCUT2D eigenvalue weighted by molar-refractivity contribution is -0.319. The van der Waals surface area contributed by atoms with Crippen LogP contribution in [0.1, 0.15) is 45.5 Å². The summed E-state index contributed by atoms with van der Waals surface area (Å²) in [5.74, 6) is -5.43. The fourth-order valence-electron chi connectivity index (χ4n) is 6.23. The van der Waals surface area contributed by atoms with Crippen LogP contribution >= 0.6 is 11.3 Å². The topological polar surface area (TPSA) is 165 Å². The first-order valence-electron chi connectivity index (χ1n) is 15.0. The van der Waals surface area contributed by atoms with Crippen LogP contribution in [0.5, 0.6) is 0 Å². The quantitative estimate of drug-likeness (QED) is 0.243. The van der Waals surface area contributed by atoms with E-state index in [-0.39, 0.29) is 29.5 Å². The molecule has 2 fully saturated rings. The van der Waals surface area contributed by atoms with Gasteiger partial charge in [-0.25, -0.2) is 22.8 Å². The highest BCUT2D eigenvalue weighted by Gasteiger charge is 2.53. The molecule has 250 valence electrons. The second kappa shape index (κ2) is 12.1. The monoisotopic (exact) mass is 690 g/mol. The highest BCUT2D eigenvalue weighted by molar-refractivity contribution is 7.18. The van der Waals surface area contributed by atoms with Crippen molar-refractivity contribution in [3.05, 3.63) is 107 Å². The second-order valence-corrected chi connectivity index (χ2v) is 12.8. The lowest BCUT2D eigenvalue weighted by atomic mass is 9.91. The van der Waals surface area contributed by atoms with Crippen LogP contribution < -0.4 is 5.73 Å². The molecule has 49 heavy (non-hydrogen) atoms. The maximum absolute atomic E-state index is 14.1. The third kappa shape index (κ3) is 5.44. The van der Waals surface area contributed by atoms with Crippen LogP contribution in [0.15, 0.2) is 66.9 Å². The van der Waals surface area contributed by atoms with Gasteiger partial charge in [0.2, 0.25) is 5.82 Å². The number of benzene rings is 3. The number of thiazole rings is 1. The average molecular weight is 691 g/mol. The number of rotatable bonds is 6. The number of fused-ring (bicyclic) bond motifs is 2. The first-order valence-corrected chi connectivity index (χ1v) is 15.8. The van der Waals surface area contributed by atoms with E-state index in [1.807, 2.05) is 37.3 Å². The standard InChI is InChI=1S/C32H25F3N8O5S/c1-14-37-20-8-7-17(11-23(20)49-14)43-30(39-40-31(43)29(36)45)28-26(44)25(27-22(47-28)13-46-32(48-27)15-5-3-2-4-6-15)42-12-21(38-41-42)16-9-18(33)24(35)19(34)10-16/h2-12,22,25-28,32,44H,13H2,1H3,(H2,36,45)/t22-,25-,26-,27+,28-,32+/m1/s1. The van der Waals surface area contributed by atoms with E-state index in [4.69, 9.17) is 19.9 Å². The number of aliphatic hydroxyl groups is 1. The van der Waals surface area contributed by atoms with Crippen LogP contribution in [-0.4, -0.2) is 70.7 Å². The Bertz CT molecular complexity index is 2190. The molecule has 0 spiro atoms. The highest BCUT2D eigenvalue weighted by atomic mass is 32.1. The summed E-state index contributed by atoms with van der Waals surface area (Å²) in [5.41, 5.74) is 7.59. The third-order valence-electron chi connectivity index (χ3n) is 8.44. The zero-order chi connectivity index (χ0) is 34.0. The van der Waals surface area contributed by atoms with Gasteiger partial charge in [0.05, 0.1) is 33.7 Å². The largest absolute Gasteiger partial charge is 0.388 e. The van der Waals surface area contributed by atoms with Crippen molar-refractivity contribution in [2.45, 2.75) is 43.7 Å². The molecule has 8 rings (SSSR count). The summed E-state index contributed by atoms with van der Waals surface area (Å²) in [4.78, 5) is 17.1. The van der Waals surface area contributed by atoms with Crippen LogP contribution in [0, 0.1) is 24.4 Å². The van der Waals surface area contributed by atoms with E-state index in [1.54, 1.807) is 18.2 Å². The van der Waals surface area contributed by atoms with Gasteiger partial charge in [0.15, 0.2) is 29.6 Å². The van der Waals surface area contributed by atoms with Gasteiger partial charge >= 0.3 is 0 Å². The number of amides is 1. The Morgan fingerprint density at radius 1 is 1.02 bits per heavy atom. The smallest absolute Gasteiger partial charge is 0.287 e. The Kier molecular flexibility index (Phi) is 7.72. The lowest BCUT2D eigenvalue weighted by Gasteiger charge is -2.47. The van der Waals surface area contributed by atoms with Gasteiger partial charge in [0, 0.05) is 11.1 Å². The molecule has 3 aromatic heterocycles. The molecule has 0 saturated carbocycles. The van der Waals surface area contributed by atoms with Crippen molar-refractivity contribution >= 4 is 27.5 Å². The van der Waals surface area contributed by atoms with Crippen LogP contribution in [0.25, 0.3) is 27.2 Å². The van der Waals surface area contributed by atoms with Gasteiger partial charge in [-0.3, -0.25) is 9.36 Å². The Balaban J connectivity index is 1.22. The summed E-state index contributed by atoms with van der Waals surface area (Å²) in [6.07, 6.45) is -3.93. The van der Waals surface area contributed by atoms with Gasteiger partial charge in [0.25, 0.3) is 5.91 Å². The van der Waals surface area contributed by atoms with Crippen molar-refractivity contribution < 1.29 is 37.3 Å². The number of primary amides is 1. The van der Waals surface area contributed by atoms with Gasteiger partial charge in [0.1, 0.15) is 36.2 Å². The lowest BCUT2D eigenvalue weighted by Crippen LogP contribution is -2.57. The van der Waals surface area contributed by atoms with E-state index >= 15 is 0 Å². The van der Waals surface area contributed by atoms with Gasteiger partial charge < -0.3 is 25.1 Å². The zero-order valence-corrected chi connectivity index (χ0v) is 26.2. The van der Waals surface area contributed by atoms with Gasteiger partial charge in [-0.2, -0.15) is 0 Å². The minimum Gasteiger partial charge on any atom is -0.388 e. The van der Waals surface area contributed by atoms with E-state index in [2.05, 4.69) is 25.5 Å². The Morgan fingerprint density at radius 3 is 2.55 bits per heavy atom. The molecule has 6 atom stereocenters. The van der Waals surface area contributed by atoms with E-state index in [9.17, 15) is 23.1 Å². The summed E-state index contributed by atoms with van der Waals surface area (Å²) in [6, 6.07) is 15.0. The molecule has 0 unspecified atom stereocenters. The minimum atomic E-state index is -1.62. The summed E-state index contributed by atoms with van der Waals surface area (Å²) >= 11 is 1.45. The fourth-order valence-corrected chi connectivity index (χ4v) is 7.09. The molecular weight excluding hydrogens is 665 g/mol. The second-order valence-electron chi connectivity index (χ2n) is 11.6. The Hall–Kier alpha value is -5.07. The maximum Gasteiger partial charge on any atom is 0.287 e. The molecule has 5 heterocycles. The summed E-state index contributed by atoms with van der Waals surface area (Å²) in [5, 5.41) is 29.5. The molecule has 3 aromatic carbocycles. The van der Waals surface area contributed by atoms with Crippen molar-refractivity contribution in [1.82, 2.24) is 34.7 Å². The first-order chi connectivity index (χ1) is 23.7. The predicted molar refractivity (Wildman–Crippen MR) is 166 cm³/mol. The highest BCUT2D eigenvalue weighted by Crippen LogP contribution is 2.44. The van der Waals surface area contributed by atoms with Crippen LogP contribution in [0.3, 0.4) is 0 Å². The molecular formula is C32H25F3N8O5S. The zero-order valence-electron chi connectivity index (χ0n) is 25.4. The van der Waals surface area contributed by atoms with Crippen molar-refractivity contribution in [2.75, 3.05) is 6.61 Å². The first kappa shape index (κ1) is 31.2. The number of hydrogen-bond acceptors (Lipinski definition) is 11. The fraction of sp³-hybridized carbons (Fsp3) is 0.250. The molecule has 0 bridgehead atoms. The van der Waals surface area contributed by atoms with Gasteiger partial charge in [-0.05, 0) is 37.3 Å². The maximum atomic E-state index is 14.1. The van der Waals surface area contributed by atoms with Crippen molar-refractivity contribution in [3.8, 4) is 16.9 Å². The SMILES string of the molecule is Cc1nc2ccc(-n3c(C(N)=O)nnc3[C@@H]3O[C@@H]4CO[C@H](c5ccccc5)O[C@@H]4[C@H](n4cc(-c5cc(F)c(F)c(F)c5)nn4)[C@H]3O)cc2s1. The Labute approximate surface area is 278 Å². The minimum absolute atomic E-state index is 0.00333. The van der Waals surface area contributed by atoms with Gasteiger partial charge in [-0.15, -0.1) is 26.6 Å². The number of nitrogens with zero attached hydrogens (tertiary/aromatic N) is 7. The van der Waals surface area contributed by atoms with E-state index in [0.29, 0.717) is 11.3 Å². The average Bonchev–Trinajstić information content (AvgIpc) is 3.85. The molecule has 2 saturated heterocycles. The molecule has 13 nitrogen and oxygen atoms in total. The van der Waals surface area contributed by atoms with E-state index < -0.39 is 60.1 Å². The summed E-state index contributed by atoms with van der Waals surface area (Å²) < 4.78 is 64.4. The van der Waals surface area contributed by atoms with Crippen LogP contribution in [-0.2, 0) is 14.2 Å². The number of nitrogens with two attached hydrogens (primary N) is 1. The number of carbonyl (C=O) groups excluding carboxylic acids is 1. The summed E-state index contributed by atoms with van der Waals surface area (Å²) in [6.45, 7) is 1.89. The van der Waals surface area contributed by atoms with Crippen LogP contribution in [0.2, 0.25) is 0 Å². The number of aromatic nitrogens is 7. The third-order valence-corrected chi connectivity index (χ3v) is 9.38. The molecule has 3 N–H and O–H groups in total. The molecule has 6 aromatic rings. The van der Waals surface area contributed by atoms with E-state index in [0.717, 1.165) is 27.4 Å². The molecule has 17 heteroatoms. The van der Waals surface area contributed by atoms with Gasteiger partial charge in [-0.1, -0.05) is 35.5 Å². The van der Waals surface area contributed by atoms with E-state index in [1.165, 1.54) is 26.8 Å². The number of hydrogen-bond donors (Lipinski definition) is 2. The van der Waals surface area contributed by atoms with Crippen LogP contribution in [0.4, 0.5) is 13.2 Å². The molecule has 1 amide bonds. The normalized spacial score (nSPS) is 23.9. The van der Waals surface area contributed by atoms with Crippen molar-refractivity contribution in [2.24, 2.45) is 5.73 Å². The molecule has 0 radical (unpaired) electrons. The molecule has 2 aliphatic heterocycles. The summed E-state index contributed by atoms with van der Waals surface area (Å²) in [7, 11) is 0. The van der Waals surface area contributed by atoms with Crippen molar-refractivity contribution in [1.29, 1.82) is 0 Å².